The molecular formula is C14H18. The van der Waals surface area contributed by atoms with Crippen LogP contribution in [0.3, 0.4) is 0 Å². The van der Waals surface area contributed by atoms with Gasteiger partial charge in [-0.15, -0.1) is 0 Å². The second-order valence-corrected chi connectivity index (χ2v) is 5.22. The quantitative estimate of drug-likeness (QED) is 0.579. The zero-order valence-corrected chi connectivity index (χ0v) is 8.92. The largest absolute Gasteiger partial charge is 0.0620 e. The van der Waals surface area contributed by atoms with Gasteiger partial charge < -0.3 is 0 Å². The lowest BCUT2D eigenvalue weighted by atomic mass is 9.67. The Bertz CT molecular complexity index is 353. The van der Waals surface area contributed by atoms with Crippen molar-refractivity contribution in [2.75, 3.05) is 0 Å². The van der Waals surface area contributed by atoms with E-state index in [1.807, 2.05) is 0 Å². The molecule has 0 saturated heterocycles. The summed E-state index contributed by atoms with van der Waals surface area (Å²) in [6.07, 6.45) is 7.09. The summed E-state index contributed by atoms with van der Waals surface area (Å²) < 4.78 is 0. The van der Waals surface area contributed by atoms with Crippen LogP contribution < -0.4 is 0 Å². The smallest absolute Gasteiger partial charge is 0.00411 e. The van der Waals surface area contributed by atoms with E-state index in [1.54, 1.807) is 11.1 Å². The molecule has 0 N–H and O–H groups in total. The van der Waals surface area contributed by atoms with E-state index in [9.17, 15) is 0 Å². The second kappa shape index (κ2) is 2.85. The highest BCUT2D eigenvalue weighted by atomic mass is 14.5. The SMILES string of the molecule is C[C@]12CCCC[C@H]1Cc1ccccc12. The van der Waals surface area contributed by atoms with E-state index >= 15 is 0 Å². The predicted molar refractivity (Wildman–Crippen MR) is 59.5 cm³/mol. The minimum atomic E-state index is 0.523. The third kappa shape index (κ3) is 1.00. The summed E-state index contributed by atoms with van der Waals surface area (Å²) in [5, 5.41) is 0. The number of rotatable bonds is 0. The first kappa shape index (κ1) is 8.52. The molecular weight excluding hydrogens is 168 g/mol. The van der Waals surface area contributed by atoms with E-state index in [0.29, 0.717) is 5.41 Å². The van der Waals surface area contributed by atoms with Gasteiger partial charge in [-0.1, -0.05) is 44.0 Å². The molecule has 1 saturated carbocycles. The van der Waals surface area contributed by atoms with Crippen molar-refractivity contribution in [2.45, 2.75) is 44.4 Å². The molecule has 0 aromatic heterocycles. The Morgan fingerprint density at radius 3 is 3.00 bits per heavy atom. The van der Waals surface area contributed by atoms with E-state index < -0.39 is 0 Å². The normalized spacial score (nSPS) is 35.1. The van der Waals surface area contributed by atoms with Crippen LogP contribution in [0.5, 0.6) is 0 Å². The summed E-state index contributed by atoms with van der Waals surface area (Å²) in [5.41, 5.74) is 3.81. The third-order valence-electron chi connectivity index (χ3n) is 4.50. The first-order valence-corrected chi connectivity index (χ1v) is 5.89. The van der Waals surface area contributed by atoms with Gasteiger partial charge in [0.1, 0.15) is 0 Å². The highest BCUT2D eigenvalue weighted by Gasteiger charge is 2.43. The molecule has 0 bridgehead atoms. The molecule has 14 heavy (non-hydrogen) atoms. The van der Waals surface area contributed by atoms with Gasteiger partial charge >= 0.3 is 0 Å². The van der Waals surface area contributed by atoms with Crippen LogP contribution in [-0.4, -0.2) is 0 Å². The van der Waals surface area contributed by atoms with Crippen LogP contribution >= 0.6 is 0 Å². The van der Waals surface area contributed by atoms with Gasteiger partial charge in [-0.2, -0.15) is 0 Å². The molecule has 1 aromatic carbocycles. The van der Waals surface area contributed by atoms with Crippen LogP contribution in [0.15, 0.2) is 24.3 Å². The van der Waals surface area contributed by atoms with Crippen molar-refractivity contribution >= 4 is 0 Å². The summed E-state index contributed by atoms with van der Waals surface area (Å²) in [5.74, 6) is 0.939. The second-order valence-electron chi connectivity index (χ2n) is 5.22. The minimum Gasteiger partial charge on any atom is -0.0620 e. The third-order valence-corrected chi connectivity index (χ3v) is 4.50. The molecule has 0 radical (unpaired) electrons. The molecule has 2 aliphatic rings. The number of hydrogen-bond donors (Lipinski definition) is 0. The Hall–Kier alpha value is -0.780. The molecule has 0 heterocycles. The van der Waals surface area contributed by atoms with E-state index in [0.717, 1.165) is 5.92 Å². The Kier molecular flexibility index (Phi) is 1.74. The first-order valence-electron chi connectivity index (χ1n) is 5.89. The molecule has 1 fully saturated rings. The average molecular weight is 186 g/mol. The van der Waals surface area contributed by atoms with Crippen LogP contribution in [0.4, 0.5) is 0 Å². The topological polar surface area (TPSA) is 0 Å². The molecule has 2 atom stereocenters. The lowest BCUT2D eigenvalue weighted by Crippen LogP contribution is -2.31. The highest BCUT2D eigenvalue weighted by molar-refractivity contribution is 5.40. The van der Waals surface area contributed by atoms with Crippen LogP contribution in [0.25, 0.3) is 0 Å². The van der Waals surface area contributed by atoms with Crippen LogP contribution in [0.1, 0.15) is 43.7 Å². The minimum absolute atomic E-state index is 0.523. The van der Waals surface area contributed by atoms with Crippen molar-refractivity contribution in [1.82, 2.24) is 0 Å². The standard InChI is InChI=1S/C14H18/c1-14-9-5-4-7-12(14)10-11-6-2-3-8-13(11)14/h2-3,6,8,12H,4-5,7,9-10H2,1H3/t12-,14-/m0/s1. The Balaban J connectivity index is 2.10. The van der Waals surface area contributed by atoms with Crippen LogP contribution in [-0.2, 0) is 11.8 Å². The molecule has 3 rings (SSSR count). The van der Waals surface area contributed by atoms with E-state index in [-0.39, 0.29) is 0 Å². The number of fused-ring (bicyclic) bond motifs is 3. The highest BCUT2D eigenvalue weighted by Crippen LogP contribution is 2.50. The van der Waals surface area contributed by atoms with Crippen molar-refractivity contribution in [3.05, 3.63) is 35.4 Å². The summed E-state index contributed by atoms with van der Waals surface area (Å²) >= 11 is 0. The van der Waals surface area contributed by atoms with Crippen molar-refractivity contribution < 1.29 is 0 Å². The predicted octanol–water partition coefficient (Wildman–Crippen LogP) is 3.69. The molecule has 0 unspecified atom stereocenters. The lowest BCUT2D eigenvalue weighted by Gasteiger charge is -2.37. The maximum absolute atomic E-state index is 2.49. The van der Waals surface area contributed by atoms with Gasteiger partial charge in [0.25, 0.3) is 0 Å². The molecule has 74 valence electrons. The summed E-state index contributed by atoms with van der Waals surface area (Å²) in [4.78, 5) is 0. The lowest BCUT2D eigenvalue weighted by molar-refractivity contribution is 0.226. The molecule has 0 aliphatic heterocycles. The molecule has 1 aromatic rings. The summed E-state index contributed by atoms with van der Waals surface area (Å²) in [7, 11) is 0. The van der Waals surface area contributed by atoms with E-state index in [2.05, 4.69) is 31.2 Å². The van der Waals surface area contributed by atoms with Gasteiger partial charge in [-0.3, -0.25) is 0 Å². The maximum Gasteiger partial charge on any atom is -0.00411 e. The van der Waals surface area contributed by atoms with Gasteiger partial charge in [0.15, 0.2) is 0 Å². The average Bonchev–Trinajstić information content (AvgIpc) is 2.51. The fraction of sp³-hybridized carbons (Fsp3) is 0.571. The van der Waals surface area contributed by atoms with Gasteiger partial charge in [-0.25, -0.2) is 0 Å². The first-order chi connectivity index (χ1) is 6.81. The Labute approximate surface area is 86.3 Å². The van der Waals surface area contributed by atoms with Crippen LogP contribution in [0, 0.1) is 5.92 Å². The van der Waals surface area contributed by atoms with Crippen molar-refractivity contribution in [2.24, 2.45) is 5.92 Å². The molecule has 0 amide bonds. The molecule has 0 heteroatoms. The Morgan fingerprint density at radius 2 is 2.07 bits per heavy atom. The summed E-state index contributed by atoms with van der Waals surface area (Å²) in [6, 6.07) is 9.10. The summed E-state index contributed by atoms with van der Waals surface area (Å²) in [6.45, 7) is 2.49. The maximum atomic E-state index is 2.49. The fourth-order valence-corrected chi connectivity index (χ4v) is 3.61. The Morgan fingerprint density at radius 1 is 1.21 bits per heavy atom. The molecule has 0 nitrogen and oxygen atoms in total. The van der Waals surface area contributed by atoms with Gasteiger partial charge in [0, 0.05) is 0 Å². The van der Waals surface area contributed by atoms with Crippen molar-refractivity contribution in [1.29, 1.82) is 0 Å². The van der Waals surface area contributed by atoms with Gasteiger partial charge in [0.2, 0.25) is 0 Å². The van der Waals surface area contributed by atoms with Crippen molar-refractivity contribution in [3.63, 3.8) is 0 Å². The van der Waals surface area contributed by atoms with Crippen LogP contribution in [0.2, 0.25) is 0 Å². The monoisotopic (exact) mass is 186 g/mol. The number of benzene rings is 1. The van der Waals surface area contributed by atoms with E-state index in [4.69, 9.17) is 0 Å². The fourth-order valence-electron chi connectivity index (χ4n) is 3.61. The number of hydrogen-bond acceptors (Lipinski definition) is 0. The molecule has 2 aliphatic carbocycles. The zero-order valence-electron chi connectivity index (χ0n) is 8.92. The zero-order chi connectivity index (χ0) is 9.60. The van der Waals surface area contributed by atoms with Crippen molar-refractivity contribution in [3.8, 4) is 0 Å². The van der Waals surface area contributed by atoms with Gasteiger partial charge in [0.05, 0.1) is 0 Å². The van der Waals surface area contributed by atoms with Gasteiger partial charge in [-0.05, 0) is 41.7 Å². The molecule has 0 spiro atoms. The van der Waals surface area contributed by atoms with E-state index in [1.165, 1.54) is 32.1 Å².